The molecular weight excluding hydrogens is 248 g/mol. The fraction of sp³-hybridized carbons (Fsp3) is 0.222. The highest BCUT2D eigenvalue weighted by Gasteiger charge is 2.20. The van der Waals surface area contributed by atoms with Crippen molar-refractivity contribution < 1.29 is 10.2 Å². The molecule has 0 unspecified atom stereocenters. The summed E-state index contributed by atoms with van der Waals surface area (Å²) in [5.41, 5.74) is 2.18. The maximum atomic E-state index is 9.96. The van der Waals surface area contributed by atoms with Gasteiger partial charge < -0.3 is 10.2 Å². The van der Waals surface area contributed by atoms with Crippen molar-refractivity contribution in [2.75, 3.05) is 0 Å². The van der Waals surface area contributed by atoms with Crippen LogP contribution in [0.2, 0.25) is 0 Å². The molecular formula is C18H20O2. The van der Waals surface area contributed by atoms with Gasteiger partial charge in [0.15, 0.2) is 5.79 Å². The van der Waals surface area contributed by atoms with Gasteiger partial charge in [0.05, 0.1) is 0 Å². The summed E-state index contributed by atoms with van der Waals surface area (Å²) < 4.78 is 0. The van der Waals surface area contributed by atoms with Crippen molar-refractivity contribution in [3.8, 4) is 0 Å². The molecule has 0 aliphatic rings. The lowest BCUT2D eigenvalue weighted by Crippen LogP contribution is -2.27. The molecule has 20 heavy (non-hydrogen) atoms. The van der Waals surface area contributed by atoms with Gasteiger partial charge in [0.2, 0.25) is 0 Å². The van der Waals surface area contributed by atoms with Crippen LogP contribution in [0.3, 0.4) is 0 Å². The van der Waals surface area contributed by atoms with Crippen molar-refractivity contribution in [2.24, 2.45) is 0 Å². The third-order valence-electron chi connectivity index (χ3n) is 3.21. The fourth-order valence-corrected chi connectivity index (χ4v) is 2.04. The average Bonchev–Trinajstić information content (AvgIpc) is 2.47. The Morgan fingerprint density at radius 1 is 0.850 bits per heavy atom. The van der Waals surface area contributed by atoms with Crippen LogP contribution >= 0.6 is 0 Å². The van der Waals surface area contributed by atoms with Gasteiger partial charge in [0.1, 0.15) is 0 Å². The minimum absolute atomic E-state index is 0.231. The summed E-state index contributed by atoms with van der Waals surface area (Å²) in [6.07, 6.45) is 4.93. The number of hydrogen-bond donors (Lipinski definition) is 2. The Kier molecular flexibility index (Phi) is 5.10. The second-order valence-electron chi connectivity index (χ2n) is 4.99. The zero-order chi connectivity index (χ0) is 14.3. The van der Waals surface area contributed by atoms with E-state index in [0.29, 0.717) is 12.8 Å². The standard InChI is InChI=1S/C18H20O2/c19-18(20,15-13-17-10-5-2-6-11-17)14-7-12-16-8-3-1-4-9-16/h1-12,19-20H,13-15H2. The zero-order valence-corrected chi connectivity index (χ0v) is 11.4. The Morgan fingerprint density at radius 3 is 2.10 bits per heavy atom. The second kappa shape index (κ2) is 7.04. The van der Waals surface area contributed by atoms with Gasteiger partial charge in [-0.05, 0) is 17.5 Å². The lowest BCUT2D eigenvalue weighted by Gasteiger charge is -2.19. The van der Waals surface area contributed by atoms with Crippen LogP contribution in [0.25, 0.3) is 6.08 Å². The maximum Gasteiger partial charge on any atom is 0.166 e. The molecule has 2 aromatic rings. The van der Waals surface area contributed by atoms with Crippen LogP contribution in [0.15, 0.2) is 66.7 Å². The van der Waals surface area contributed by atoms with Gasteiger partial charge in [-0.3, -0.25) is 0 Å². The van der Waals surface area contributed by atoms with Gasteiger partial charge in [-0.2, -0.15) is 0 Å². The van der Waals surface area contributed by atoms with Gasteiger partial charge >= 0.3 is 0 Å². The zero-order valence-electron chi connectivity index (χ0n) is 11.4. The average molecular weight is 268 g/mol. The predicted octanol–water partition coefficient (Wildman–Crippen LogP) is 3.40. The molecule has 0 aromatic heterocycles. The van der Waals surface area contributed by atoms with Crippen LogP contribution in [0, 0.1) is 0 Å². The SMILES string of the molecule is OC(O)(CC=Cc1ccccc1)CCc1ccccc1. The predicted molar refractivity (Wildman–Crippen MR) is 82.0 cm³/mol. The summed E-state index contributed by atoms with van der Waals surface area (Å²) in [5.74, 6) is -1.65. The highest BCUT2D eigenvalue weighted by atomic mass is 16.5. The Morgan fingerprint density at radius 2 is 1.45 bits per heavy atom. The molecule has 2 rings (SSSR count). The van der Waals surface area contributed by atoms with Gasteiger partial charge in [-0.25, -0.2) is 0 Å². The van der Waals surface area contributed by atoms with E-state index in [9.17, 15) is 10.2 Å². The minimum atomic E-state index is -1.65. The normalized spacial score (nSPS) is 11.9. The summed E-state index contributed by atoms with van der Waals surface area (Å²) >= 11 is 0. The highest BCUT2D eigenvalue weighted by Crippen LogP contribution is 2.17. The van der Waals surface area contributed by atoms with Crippen molar-refractivity contribution in [3.05, 3.63) is 77.9 Å². The quantitative estimate of drug-likeness (QED) is 0.788. The van der Waals surface area contributed by atoms with Crippen LogP contribution in [-0.4, -0.2) is 16.0 Å². The Balaban J connectivity index is 1.83. The van der Waals surface area contributed by atoms with Crippen LogP contribution in [-0.2, 0) is 6.42 Å². The molecule has 2 heteroatoms. The Hall–Kier alpha value is -1.90. The molecule has 0 saturated carbocycles. The van der Waals surface area contributed by atoms with Crippen LogP contribution in [0.1, 0.15) is 24.0 Å². The molecule has 0 fully saturated rings. The van der Waals surface area contributed by atoms with Crippen molar-refractivity contribution in [3.63, 3.8) is 0 Å². The third-order valence-corrected chi connectivity index (χ3v) is 3.21. The first-order chi connectivity index (χ1) is 9.66. The summed E-state index contributed by atoms with van der Waals surface area (Å²) in [7, 11) is 0. The number of aliphatic hydroxyl groups is 2. The summed E-state index contributed by atoms with van der Waals surface area (Å²) in [6.45, 7) is 0. The number of rotatable bonds is 6. The first-order valence-electron chi connectivity index (χ1n) is 6.86. The largest absolute Gasteiger partial charge is 0.365 e. The van der Waals surface area contributed by atoms with E-state index in [0.717, 1.165) is 11.1 Å². The van der Waals surface area contributed by atoms with Crippen LogP contribution < -0.4 is 0 Å². The lowest BCUT2D eigenvalue weighted by atomic mass is 10.0. The van der Waals surface area contributed by atoms with Crippen molar-refractivity contribution in [1.82, 2.24) is 0 Å². The number of benzene rings is 2. The van der Waals surface area contributed by atoms with Crippen molar-refractivity contribution in [2.45, 2.75) is 25.0 Å². The topological polar surface area (TPSA) is 40.5 Å². The maximum absolute atomic E-state index is 9.96. The van der Waals surface area contributed by atoms with Crippen molar-refractivity contribution >= 4 is 6.08 Å². The molecule has 0 heterocycles. The van der Waals surface area contributed by atoms with Crippen LogP contribution in [0.5, 0.6) is 0 Å². The highest BCUT2D eigenvalue weighted by molar-refractivity contribution is 5.48. The van der Waals surface area contributed by atoms with Crippen LogP contribution in [0.4, 0.5) is 0 Å². The Bertz CT molecular complexity index is 530. The molecule has 0 spiro atoms. The van der Waals surface area contributed by atoms with E-state index in [4.69, 9.17) is 0 Å². The molecule has 0 atom stereocenters. The molecule has 0 saturated heterocycles. The van der Waals surface area contributed by atoms with E-state index in [2.05, 4.69) is 0 Å². The molecule has 0 amide bonds. The molecule has 0 aliphatic heterocycles. The molecule has 0 bridgehead atoms. The van der Waals surface area contributed by atoms with Gasteiger partial charge in [-0.1, -0.05) is 72.8 Å². The number of aryl methyl sites for hydroxylation is 1. The smallest absolute Gasteiger partial charge is 0.166 e. The van der Waals surface area contributed by atoms with Gasteiger partial charge in [-0.15, -0.1) is 0 Å². The first kappa shape index (κ1) is 14.5. The monoisotopic (exact) mass is 268 g/mol. The fourth-order valence-electron chi connectivity index (χ4n) is 2.04. The molecule has 2 nitrogen and oxygen atoms in total. The molecule has 2 aromatic carbocycles. The summed E-state index contributed by atoms with van der Waals surface area (Å²) in [5, 5.41) is 19.9. The Labute approximate surface area is 120 Å². The first-order valence-corrected chi connectivity index (χ1v) is 6.86. The van der Waals surface area contributed by atoms with E-state index >= 15 is 0 Å². The van der Waals surface area contributed by atoms with E-state index in [1.807, 2.05) is 66.7 Å². The molecule has 0 aliphatic carbocycles. The van der Waals surface area contributed by atoms with E-state index in [1.54, 1.807) is 6.08 Å². The molecule has 0 radical (unpaired) electrons. The minimum Gasteiger partial charge on any atom is -0.365 e. The summed E-state index contributed by atoms with van der Waals surface area (Å²) in [6, 6.07) is 19.7. The summed E-state index contributed by atoms with van der Waals surface area (Å²) in [4.78, 5) is 0. The van der Waals surface area contributed by atoms with Gasteiger partial charge in [0, 0.05) is 12.8 Å². The van der Waals surface area contributed by atoms with E-state index < -0.39 is 5.79 Å². The van der Waals surface area contributed by atoms with Crippen molar-refractivity contribution in [1.29, 1.82) is 0 Å². The molecule has 2 N–H and O–H groups in total. The molecule has 104 valence electrons. The second-order valence-corrected chi connectivity index (χ2v) is 4.99. The van der Waals surface area contributed by atoms with E-state index in [1.165, 1.54) is 0 Å². The lowest BCUT2D eigenvalue weighted by molar-refractivity contribution is -0.161. The van der Waals surface area contributed by atoms with E-state index in [-0.39, 0.29) is 6.42 Å². The van der Waals surface area contributed by atoms with Gasteiger partial charge in [0.25, 0.3) is 0 Å². The third kappa shape index (κ3) is 5.00. The number of hydrogen-bond acceptors (Lipinski definition) is 2.